The van der Waals surface area contributed by atoms with Crippen molar-refractivity contribution in [3.05, 3.63) is 15.5 Å². The van der Waals surface area contributed by atoms with E-state index in [1.165, 1.54) is 18.0 Å². The van der Waals surface area contributed by atoms with Crippen molar-refractivity contribution < 1.29 is 19.4 Å². The molecule has 0 fully saturated rings. The van der Waals surface area contributed by atoms with Gasteiger partial charge in [0, 0.05) is 6.20 Å². The molecule has 0 aliphatic carbocycles. The fraction of sp³-hybridized carbons (Fsp3) is 0.286. The second kappa shape index (κ2) is 4.40. The van der Waals surface area contributed by atoms with Crippen LogP contribution in [-0.4, -0.2) is 33.9 Å². The number of hydrogen-bond donors (Lipinski definition) is 1. The van der Waals surface area contributed by atoms with Crippen LogP contribution in [0.2, 0.25) is 0 Å². The molecule has 14 heavy (non-hydrogen) atoms. The molecule has 7 heteroatoms. The van der Waals surface area contributed by atoms with Crippen LogP contribution in [0.4, 0.5) is 0 Å². The van der Waals surface area contributed by atoms with Crippen LogP contribution < -0.4 is 0 Å². The number of halogens is 1. The molecular weight excluding hydrogens is 303 g/mol. The molecule has 1 aromatic heterocycles. The Morgan fingerprint density at radius 2 is 2.36 bits per heavy atom. The molecule has 1 heterocycles. The number of carboxylic acid groups (broad SMARTS) is 1. The lowest BCUT2D eigenvalue weighted by Gasteiger charge is -1.94. The Morgan fingerprint density at radius 1 is 1.71 bits per heavy atom. The van der Waals surface area contributed by atoms with Gasteiger partial charge < -0.3 is 9.84 Å². The molecule has 0 aliphatic rings. The normalized spacial score (nSPS) is 9.86. The molecule has 0 radical (unpaired) electrons. The van der Waals surface area contributed by atoms with Gasteiger partial charge in [0.1, 0.15) is 6.54 Å². The molecule has 1 rings (SSSR count). The lowest BCUT2D eigenvalue weighted by Crippen LogP contribution is -2.11. The van der Waals surface area contributed by atoms with E-state index < -0.39 is 11.9 Å². The summed E-state index contributed by atoms with van der Waals surface area (Å²) in [5, 5.41) is 12.3. The van der Waals surface area contributed by atoms with Gasteiger partial charge in [-0.15, -0.1) is 0 Å². The summed E-state index contributed by atoms with van der Waals surface area (Å²) in [7, 11) is 1.24. The number of hydrogen-bond acceptors (Lipinski definition) is 4. The highest BCUT2D eigenvalue weighted by Crippen LogP contribution is 2.10. The predicted octanol–water partition coefficient (Wildman–Crippen LogP) is 0.359. The van der Waals surface area contributed by atoms with E-state index in [9.17, 15) is 9.59 Å². The van der Waals surface area contributed by atoms with Crippen molar-refractivity contribution in [2.45, 2.75) is 6.54 Å². The summed E-state index contributed by atoms with van der Waals surface area (Å²) < 4.78 is 6.21. The monoisotopic (exact) mass is 310 g/mol. The van der Waals surface area contributed by atoms with Crippen molar-refractivity contribution in [3.63, 3.8) is 0 Å². The average Bonchev–Trinajstić information content (AvgIpc) is 2.44. The Morgan fingerprint density at radius 3 is 2.86 bits per heavy atom. The van der Waals surface area contributed by atoms with Crippen molar-refractivity contribution in [1.82, 2.24) is 9.78 Å². The second-order valence-electron chi connectivity index (χ2n) is 2.41. The molecular formula is C7H7IN2O4. The van der Waals surface area contributed by atoms with Crippen LogP contribution in [0.15, 0.2) is 6.20 Å². The van der Waals surface area contributed by atoms with Gasteiger partial charge in [-0.05, 0) is 22.6 Å². The maximum absolute atomic E-state index is 11.1. The molecule has 0 saturated carbocycles. The van der Waals surface area contributed by atoms with Crippen LogP contribution in [-0.2, 0) is 16.1 Å². The van der Waals surface area contributed by atoms with Crippen LogP contribution in [0.1, 0.15) is 10.5 Å². The van der Waals surface area contributed by atoms with Crippen molar-refractivity contribution in [1.29, 1.82) is 0 Å². The lowest BCUT2D eigenvalue weighted by molar-refractivity contribution is -0.137. The van der Waals surface area contributed by atoms with E-state index in [4.69, 9.17) is 5.11 Å². The summed E-state index contributed by atoms with van der Waals surface area (Å²) in [5.41, 5.74) is 0.134. The lowest BCUT2D eigenvalue weighted by atomic mass is 10.4. The van der Waals surface area contributed by atoms with Gasteiger partial charge in [-0.1, -0.05) is 0 Å². The summed E-state index contributed by atoms with van der Waals surface area (Å²) >= 11 is 1.89. The number of carboxylic acids is 1. The third-order valence-electron chi connectivity index (χ3n) is 1.39. The predicted molar refractivity (Wildman–Crippen MR) is 53.9 cm³/mol. The van der Waals surface area contributed by atoms with Gasteiger partial charge in [0.05, 0.1) is 10.7 Å². The number of methoxy groups -OCH3 is 1. The van der Waals surface area contributed by atoms with E-state index >= 15 is 0 Å². The molecule has 0 aliphatic heterocycles. The van der Waals surface area contributed by atoms with Crippen LogP contribution in [0.5, 0.6) is 0 Å². The van der Waals surface area contributed by atoms with Gasteiger partial charge in [0.2, 0.25) is 0 Å². The molecule has 0 saturated heterocycles. The molecule has 0 spiro atoms. The van der Waals surface area contributed by atoms with Gasteiger partial charge in [-0.25, -0.2) is 4.79 Å². The number of carbonyl (C=O) groups excluding carboxylic acids is 1. The van der Waals surface area contributed by atoms with Crippen LogP contribution >= 0.6 is 22.6 Å². The van der Waals surface area contributed by atoms with Gasteiger partial charge in [0.25, 0.3) is 0 Å². The number of ether oxygens (including phenoxy) is 1. The Balaban J connectivity index is 2.93. The molecule has 1 N–H and O–H groups in total. The number of rotatable bonds is 3. The van der Waals surface area contributed by atoms with Gasteiger partial charge in [-0.3, -0.25) is 9.48 Å². The molecule has 0 bridgehead atoms. The zero-order chi connectivity index (χ0) is 10.7. The van der Waals surface area contributed by atoms with Gasteiger partial charge in [-0.2, -0.15) is 5.10 Å². The number of carbonyl (C=O) groups is 2. The smallest absolute Gasteiger partial charge is 0.359 e. The molecule has 6 nitrogen and oxygen atoms in total. The van der Waals surface area contributed by atoms with Crippen molar-refractivity contribution >= 4 is 34.5 Å². The number of aromatic nitrogens is 2. The maximum atomic E-state index is 11.1. The van der Waals surface area contributed by atoms with Crippen molar-refractivity contribution in [2.24, 2.45) is 0 Å². The van der Waals surface area contributed by atoms with Crippen LogP contribution in [0, 0.1) is 3.57 Å². The summed E-state index contributed by atoms with van der Waals surface area (Å²) in [6, 6.07) is 0. The Hall–Kier alpha value is -1.12. The van der Waals surface area contributed by atoms with E-state index in [1.54, 1.807) is 0 Å². The molecule has 0 unspecified atom stereocenters. The SMILES string of the molecule is COC(=O)c1nn(CC(=O)O)cc1I. The number of esters is 1. The standard InChI is InChI=1S/C7H7IN2O4/c1-14-7(13)6-4(8)2-10(9-6)3-5(11)12/h2H,3H2,1H3,(H,11,12). The molecule has 0 amide bonds. The number of nitrogens with zero attached hydrogens (tertiary/aromatic N) is 2. The summed E-state index contributed by atoms with van der Waals surface area (Å²) in [6.45, 7) is -0.271. The largest absolute Gasteiger partial charge is 0.480 e. The quantitative estimate of drug-likeness (QED) is 0.644. The topological polar surface area (TPSA) is 81.4 Å². The molecule has 76 valence electrons. The Bertz CT molecular complexity index is 374. The summed E-state index contributed by atoms with van der Waals surface area (Å²) in [4.78, 5) is 21.4. The van der Waals surface area contributed by atoms with E-state index in [0.29, 0.717) is 3.57 Å². The van der Waals surface area contributed by atoms with Crippen molar-refractivity contribution in [3.8, 4) is 0 Å². The van der Waals surface area contributed by atoms with Gasteiger partial charge >= 0.3 is 11.9 Å². The van der Waals surface area contributed by atoms with Crippen LogP contribution in [0.25, 0.3) is 0 Å². The average molecular weight is 310 g/mol. The maximum Gasteiger partial charge on any atom is 0.359 e. The fourth-order valence-corrected chi connectivity index (χ4v) is 1.50. The minimum atomic E-state index is -1.01. The minimum Gasteiger partial charge on any atom is -0.480 e. The molecule has 1 aromatic rings. The zero-order valence-corrected chi connectivity index (χ0v) is 9.39. The number of aliphatic carboxylic acids is 1. The second-order valence-corrected chi connectivity index (χ2v) is 3.57. The van der Waals surface area contributed by atoms with E-state index in [0.717, 1.165) is 0 Å². The minimum absolute atomic E-state index is 0.134. The fourth-order valence-electron chi connectivity index (χ4n) is 0.852. The summed E-state index contributed by atoms with van der Waals surface area (Å²) in [6.07, 6.45) is 1.47. The third-order valence-corrected chi connectivity index (χ3v) is 2.18. The van der Waals surface area contributed by atoms with Crippen molar-refractivity contribution in [2.75, 3.05) is 7.11 Å². The first kappa shape index (κ1) is 11.0. The Labute approximate surface area is 93.0 Å². The third kappa shape index (κ3) is 2.44. The highest BCUT2D eigenvalue weighted by molar-refractivity contribution is 14.1. The van der Waals surface area contributed by atoms with Crippen LogP contribution in [0.3, 0.4) is 0 Å². The highest BCUT2D eigenvalue weighted by atomic mass is 127. The van der Waals surface area contributed by atoms with E-state index in [-0.39, 0.29) is 12.2 Å². The first-order valence-corrected chi connectivity index (χ1v) is 4.65. The van der Waals surface area contributed by atoms with E-state index in [2.05, 4.69) is 9.84 Å². The Kier molecular flexibility index (Phi) is 3.44. The first-order valence-electron chi connectivity index (χ1n) is 3.57. The first-order chi connectivity index (χ1) is 6.54. The van der Waals surface area contributed by atoms with E-state index in [1.807, 2.05) is 22.6 Å². The van der Waals surface area contributed by atoms with Gasteiger partial charge in [0.15, 0.2) is 5.69 Å². The molecule has 0 atom stereocenters. The molecule has 0 aromatic carbocycles. The zero-order valence-electron chi connectivity index (χ0n) is 7.23. The summed E-state index contributed by atoms with van der Waals surface area (Å²) in [5.74, 6) is -1.58. The highest BCUT2D eigenvalue weighted by Gasteiger charge is 2.15.